The zero-order valence-electron chi connectivity index (χ0n) is 20.5. The number of sulfonamides is 1. The second-order valence-corrected chi connectivity index (χ2v) is 11.3. The number of benzene rings is 3. The molecule has 37 heavy (non-hydrogen) atoms. The first kappa shape index (κ1) is 28.5. The number of amides is 2. The molecule has 8 nitrogen and oxygen atoms in total. The van der Waals surface area contributed by atoms with Crippen LogP contribution in [0.5, 0.6) is 5.75 Å². The first-order chi connectivity index (χ1) is 17.6. The highest BCUT2D eigenvalue weighted by atomic mass is 79.9. The lowest BCUT2D eigenvalue weighted by Crippen LogP contribution is -2.50. The summed E-state index contributed by atoms with van der Waals surface area (Å²) in [6, 6.07) is 18.7. The summed E-state index contributed by atoms with van der Waals surface area (Å²) in [5, 5.41) is 2.74. The Labute approximate surface area is 230 Å². The van der Waals surface area contributed by atoms with Crippen molar-refractivity contribution in [3.05, 3.63) is 87.9 Å². The molecule has 0 bridgehead atoms. The molecule has 0 aliphatic heterocycles. The smallest absolute Gasteiger partial charge is 0.264 e. The largest absolute Gasteiger partial charge is 0.495 e. The Kier molecular flexibility index (Phi) is 9.58. The van der Waals surface area contributed by atoms with E-state index in [1.807, 2.05) is 24.3 Å². The molecule has 0 aliphatic rings. The van der Waals surface area contributed by atoms with Gasteiger partial charge in [-0.25, -0.2) is 8.42 Å². The van der Waals surface area contributed by atoms with Gasteiger partial charge in [-0.1, -0.05) is 57.9 Å². The molecule has 0 aromatic heterocycles. The average molecular weight is 609 g/mol. The summed E-state index contributed by atoms with van der Waals surface area (Å²) in [7, 11) is -1.25. The summed E-state index contributed by atoms with van der Waals surface area (Å²) in [6.07, 6.45) is 0. The fraction of sp³-hybridized carbons (Fsp3) is 0.231. The maximum atomic E-state index is 13.7. The van der Waals surface area contributed by atoms with E-state index in [2.05, 4.69) is 21.2 Å². The summed E-state index contributed by atoms with van der Waals surface area (Å²) in [5.41, 5.74) is 0.946. The Morgan fingerprint density at radius 2 is 1.76 bits per heavy atom. The molecule has 1 atom stereocenters. The van der Waals surface area contributed by atoms with Gasteiger partial charge in [0.2, 0.25) is 11.8 Å². The first-order valence-electron chi connectivity index (χ1n) is 11.2. The summed E-state index contributed by atoms with van der Waals surface area (Å²) < 4.78 is 34.4. The lowest BCUT2D eigenvalue weighted by Gasteiger charge is -2.32. The molecule has 3 rings (SSSR count). The van der Waals surface area contributed by atoms with Crippen LogP contribution < -0.4 is 14.4 Å². The third kappa shape index (κ3) is 6.82. The zero-order chi connectivity index (χ0) is 27.2. The molecule has 1 N–H and O–H groups in total. The van der Waals surface area contributed by atoms with Gasteiger partial charge in [-0.15, -0.1) is 0 Å². The molecule has 3 aromatic carbocycles. The molecule has 196 valence electrons. The Hall–Kier alpha value is -3.08. The monoisotopic (exact) mass is 607 g/mol. The van der Waals surface area contributed by atoms with Gasteiger partial charge in [-0.3, -0.25) is 13.9 Å². The Morgan fingerprint density at radius 3 is 2.35 bits per heavy atom. The maximum Gasteiger partial charge on any atom is 0.264 e. The number of hydrogen-bond donors (Lipinski definition) is 1. The van der Waals surface area contributed by atoms with Crippen molar-refractivity contribution in [2.45, 2.75) is 24.4 Å². The van der Waals surface area contributed by atoms with Crippen LogP contribution in [0.15, 0.2) is 82.2 Å². The van der Waals surface area contributed by atoms with Crippen LogP contribution in [-0.4, -0.2) is 51.9 Å². The second kappa shape index (κ2) is 12.4. The van der Waals surface area contributed by atoms with E-state index in [-0.39, 0.29) is 28.1 Å². The van der Waals surface area contributed by atoms with Crippen LogP contribution in [0.3, 0.4) is 0 Å². The van der Waals surface area contributed by atoms with Crippen molar-refractivity contribution in [3.63, 3.8) is 0 Å². The van der Waals surface area contributed by atoms with E-state index >= 15 is 0 Å². The van der Waals surface area contributed by atoms with Gasteiger partial charge in [0.05, 0.1) is 22.7 Å². The third-order valence-corrected chi connectivity index (χ3v) is 8.27. The highest BCUT2D eigenvalue weighted by Crippen LogP contribution is 2.32. The van der Waals surface area contributed by atoms with Gasteiger partial charge in [0.15, 0.2) is 0 Å². The molecule has 0 heterocycles. The molecule has 11 heteroatoms. The number of carbonyl (C=O) groups is 2. The number of likely N-dealkylation sites (N-methyl/N-ethyl adjacent to an activating group) is 1. The number of rotatable bonds is 10. The van der Waals surface area contributed by atoms with Gasteiger partial charge in [0, 0.05) is 18.1 Å². The molecule has 0 radical (unpaired) electrons. The molecule has 0 saturated heterocycles. The molecule has 0 saturated carbocycles. The maximum absolute atomic E-state index is 13.7. The summed E-state index contributed by atoms with van der Waals surface area (Å²) in [4.78, 5) is 27.6. The molecular weight excluding hydrogens is 582 g/mol. The number of nitrogens with one attached hydrogen (secondary N) is 1. The highest BCUT2D eigenvalue weighted by Gasteiger charge is 2.32. The van der Waals surface area contributed by atoms with Crippen LogP contribution in [0.1, 0.15) is 12.5 Å². The Balaban J connectivity index is 2.06. The number of carbonyl (C=O) groups excluding carboxylic acids is 2. The van der Waals surface area contributed by atoms with E-state index in [9.17, 15) is 18.0 Å². The van der Waals surface area contributed by atoms with E-state index < -0.39 is 28.5 Å². The van der Waals surface area contributed by atoms with Crippen molar-refractivity contribution in [3.8, 4) is 5.75 Å². The molecule has 0 aliphatic carbocycles. The van der Waals surface area contributed by atoms with E-state index in [1.165, 1.54) is 49.4 Å². The summed E-state index contributed by atoms with van der Waals surface area (Å²) >= 11 is 9.72. The molecule has 3 aromatic rings. The Morgan fingerprint density at radius 1 is 1.05 bits per heavy atom. The van der Waals surface area contributed by atoms with Gasteiger partial charge >= 0.3 is 0 Å². The number of hydrogen-bond acceptors (Lipinski definition) is 5. The zero-order valence-corrected chi connectivity index (χ0v) is 23.7. The quantitative estimate of drug-likeness (QED) is 0.367. The number of anilines is 1. The standard InChI is InChI=1S/C26H27BrClN3O5S/c1-18(26(33)29-2)30(16-19-8-7-9-20(27)14-19)25(32)17-31(21-12-13-24(36-3)23(28)15-21)37(34,35)22-10-5-4-6-11-22/h4-15,18H,16-17H2,1-3H3,(H,29,33)/t18-/m0/s1. The number of nitrogens with zero attached hydrogens (tertiary/aromatic N) is 2. The normalized spacial score (nSPS) is 11.9. The van der Waals surface area contributed by atoms with Gasteiger partial charge in [-0.05, 0) is 55.0 Å². The Bertz CT molecular complexity index is 1370. The van der Waals surface area contributed by atoms with E-state index in [0.29, 0.717) is 5.75 Å². The second-order valence-electron chi connectivity index (χ2n) is 8.09. The van der Waals surface area contributed by atoms with Crippen molar-refractivity contribution < 1.29 is 22.7 Å². The average Bonchev–Trinajstić information content (AvgIpc) is 2.89. The molecule has 0 fully saturated rings. The predicted molar refractivity (Wildman–Crippen MR) is 147 cm³/mol. The number of methoxy groups -OCH3 is 1. The van der Waals surface area contributed by atoms with Gasteiger partial charge < -0.3 is 15.0 Å². The lowest BCUT2D eigenvalue weighted by atomic mass is 10.1. The van der Waals surface area contributed by atoms with Crippen molar-refractivity contribution in [2.24, 2.45) is 0 Å². The molecule has 0 spiro atoms. The molecule has 2 amide bonds. The van der Waals surface area contributed by atoms with Crippen LogP contribution in [0, 0.1) is 0 Å². The minimum absolute atomic E-state index is 0.00706. The van der Waals surface area contributed by atoms with Gasteiger partial charge in [-0.2, -0.15) is 0 Å². The summed E-state index contributed by atoms with van der Waals surface area (Å²) in [6.45, 7) is 1.12. The molecular formula is C26H27BrClN3O5S. The SMILES string of the molecule is CNC(=O)[C@H](C)N(Cc1cccc(Br)c1)C(=O)CN(c1ccc(OC)c(Cl)c1)S(=O)(=O)c1ccccc1. The topological polar surface area (TPSA) is 96.0 Å². The molecule has 0 unspecified atom stereocenters. The minimum Gasteiger partial charge on any atom is -0.495 e. The van der Waals surface area contributed by atoms with E-state index in [4.69, 9.17) is 16.3 Å². The van der Waals surface area contributed by atoms with Crippen molar-refractivity contribution in [1.29, 1.82) is 0 Å². The van der Waals surface area contributed by atoms with Crippen LogP contribution in [0.2, 0.25) is 5.02 Å². The lowest BCUT2D eigenvalue weighted by molar-refractivity contribution is -0.139. The van der Waals surface area contributed by atoms with Crippen LogP contribution >= 0.6 is 27.5 Å². The van der Waals surface area contributed by atoms with Crippen LogP contribution in [0.4, 0.5) is 5.69 Å². The van der Waals surface area contributed by atoms with E-state index in [1.54, 1.807) is 25.1 Å². The van der Waals surface area contributed by atoms with Gasteiger partial charge in [0.1, 0.15) is 18.3 Å². The van der Waals surface area contributed by atoms with Crippen molar-refractivity contribution >= 4 is 55.1 Å². The highest BCUT2D eigenvalue weighted by molar-refractivity contribution is 9.10. The van der Waals surface area contributed by atoms with Gasteiger partial charge in [0.25, 0.3) is 10.0 Å². The number of ether oxygens (including phenoxy) is 1. The van der Waals surface area contributed by atoms with Crippen LogP contribution in [0.25, 0.3) is 0 Å². The predicted octanol–water partition coefficient (Wildman–Crippen LogP) is 4.47. The number of halogens is 2. The van der Waals surface area contributed by atoms with Crippen molar-refractivity contribution in [1.82, 2.24) is 10.2 Å². The van der Waals surface area contributed by atoms with E-state index in [0.717, 1.165) is 14.3 Å². The minimum atomic E-state index is -4.17. The first-order valence-corrected chi connectivity index (χ1v) is 13.9. The third-order valence-electron chi connectivity index (χ3n) is 5.69. The summed E-state index contributed by atoms with van der Waals surface area (Å²) in [5.74, 6) is -0.589. The fourth-order valence-electron chi connectivity index (χ4n) is 3.68. The van der Waals surface area contributed by atoms with Crippen LogP contribution in [-0.2, 0) is 26.2 Å². The fourth-order valence-corrected chi connectivity index (χ4v) is 5.81. The van der Waals surface area contributed by atoms with Crippen molar-refractivity contribution in [2.75, 3.05) is 25.0 Å².